The SMILES string of the molecule is COc1ccc(S(=O)(=O)NCCCNc2nc(Cc3cccc(OC)c3)ns2)cc1. The van der Waals surface area contributed by atoms with Crippen LogP contribution in [-0.4, -0.2) is 45.1 Å². The molecule has 2 N–H and O–H groups in total. The number of sulfonamides is 1. The molecule has 0 unspecified atom stereocenters. The minimum Gasteiger partial charge on any atom is -0.497 e. The van der Waals surface area contributed by atoms with Gasteiger partial charge in [-0.15, -0.1) is 0 Å². The smallest absolute Gasteiger partial charge is 0.240 e. The molecular weight excluding hydrogens is 424 g/mol. The maximum atomic E-state index is 12.3. The van der Waals surface area contributed by atoms with Gasteiger partial charge in [-0.05, 0) is 48.4 Å². The number of hydrogen-bond donors (Lipinski definition) is 2. The zero-order valence-electron chi connectivity index (χ0n) is 16.8. The Labute approximate surface area is 180 Å². The van der Waals surface area contributed by atoms with Crippen LogP contribution in [0.15, 0.2) is 53.4 Å². The van der Waals surface area contributed by atoms with Crippen LogP contribution in [0.1, 0.15) is 17.8 Å². The van der Waals surface area contributed by atoms with Gasteiger partial charge >= 0.3 is 0 Å². The molecule has 0 aliphatic rings. The normalized spacial score (nSPS) is 11.3. The van der Waals surface area contributed by atoms with Crippen LogP contribution in [0.2, 0.25) is 0 Å². The van der Waals surface area contributed by atoms with Gasteiger partial charge in [0.2, 0.25) is 15.2 Å². The van der Waals surface area contributed by atoms with E-state index in [-0.39, 0.29) is 4.90 Å². The lowest BCUT2D eigenvalue weighted by atomic mass is 10.1. The van der Waals surface area contributed by atoms with E-state index in [0.717, 1.165) is 17.1 Å². The van der Waals surface area contributed by atoms with Crippen LogP contribution >= 0.6 is 11.5 Å². The van der Waals surface area contributed by atoms with Crippen LogP contribution in [0.5, 0.6) is 11.5 Å². The summed E-state index contributed by atoms with van der Waals surface area (Å²) in [6, 6.07) is 14.1. The van der Waals surface area contributed by atoms with Crippen molar-refractivity contribution in [2.24, 2.45) is 0 Å². The van der Waals surface area contributed by atoms with Crippen molar-refractivity contribution in [2.45, 2.75) is 17.7 Å². The van der Waals surface area contributed by atoms with E-state index in [1.807, 2.05) is 24.3 Å². The summed E-state index contributed by atoms with van der Waals surface area (Å²) in [7, 11) is -0.361. The first-order chi connectivity index (χ1) is 14.5. The second-order valence-corrected chi connectivity index (χ2v) is 8.92. The highest BCUT2D eigenvalue weighted by molar-refractivity contribution is 7.89. The number of rotatable bonds is 11. The molecule has 1 aromatic heterocycles. The Hall–Kier alpha value is -2.69. The number of aromatic nitrogens is 2. The fourth-order valence-electron chi connectivity index (χ4n) is 2.69. The molecule has 0 radical (unpaired) electrons. The maximum absolute atomic E-state index is 12.3. The Morgan fingerprint density at radius 1 is 1.00 bits per heavy atom. The molecule has 0 bridgehead atoms. The average molecular weight is 449 g/mol. The fraction of sp³-hybridized carbons (Fsp3) is 0.300. The largest absolute Gasteiger partial charge is 0.497 e. The van der Waals surface area contributed by atoms with Crippen molar-refractivity contribution >= 4 is 26.7 Å². The summed E-state index contributed by atoms with van der Waals surface area (Å²) < 4.78 is 41.8. The first-order valence-electron chi connectivity index (χ1n) is 9.33. The lowest BCUT2D eigenvalue weighted by Crippen LogP contribution is -2.26. The Morgan fingerprint density at radius 3 is 2.50 bits per heavy atom. The zero-order valence-corrected chi connectivity index (χ0v) is 18.4. The molecule has 0 fully saturated rings. The van der Waals surface area contributed by atoms with E-state index < -0.39 is 10.0 Å². The van der Waals surface area contributed by atoms with E-state index in [0.29, 0.717) is 36.8 Å². The molecule has 0 atom stereocenters. The van der Waals surface area contributed by atoms with Crippen LogP contribution in [0, 0.1) is 0 Å². The number of ether oxygens (including phenoxy) is 2. The lowest BCUT2D eigenvalue weighted by molar-refractivity contribution is 0.414. The number of anilines is 1. The second-order valence-electron chi connectivity index (χ2n) is 6.40. The van der Waals surface area contributed by atoms with Crippen molar-refractivity contribution in [3.63, 3.8) is 0 Å². The Morgan fingerprint density at radius 2 is 1.77 bits per heavy atom. The molecule has 3 aromatic rings. The maximum Gasteiger partial charge on any atom is 0.240 e. The summed E-state index contributed by atoms with van der Waals surface area (Å²) in [4.78, 5) is 4.69. The summed E-state index contributed by atoms with van der Waals surface area (Å²) >= 11 is 1.29. The van der Waals surface area contributed by atoms with Gasteiger partial charge in [-0.2, -0.15) is 4.37 Å². The third-order valence-corrected chi connectivity index (χ3v) is 6.44. The molecular formula is C20H24N4O4S2. The topological polar surface area (TPSA) is 102 Å². The molecule has 0 aliphatic carbocycles. The molecule has 0 amide bonds. The third-order valence-electron chi connectivity index (χ3n) is 4.26. The van der Waals surface area contributed by atoms with E-state index in [4.69, 9.17) is 9.47 Å². The van der Waals surface area contributed by atoms with Gasteiger partial charge in [0, 0.05) is 31.0 Å². The van der Waals surface area contributed by atoms with Crippen LogP contribution in [-0.2, 0) is 16.4 Å². The Bertz CT molecular complexity index is 1050. The van der Waals surface area contributed by atoms with Crippen molar-refractivity contribution < 1.29 is 17.9 Å². The Balaban J connectivity index is 1.42. The van der Waals surface area contributed by atoms with Gasteiger partial charge < -0.3 is 14.8 Å². The molecule has 3 rings (SSSR count). The molecule has 0 saturated carbocycles. The number of methoxy groups -OCH3 is 2. The summed E-state index contributed by atoms with van der Waals surface area (Å²) in [6.45, 7) is 0.899. The fourth-order valence-corrected chi connectivity index (χ4v) is 4.38. The van der Waals surface area contributed by atoms with Crippen molar-refractivity contribution in [1.29, 1.82) is 0 Å². The monoisotopic (exact) mass is 448 g/mol. The molecule has 0 spiro atoms. The molecule has 0 aliphatic heterocycles. The predicted octanol–water partition coefficient (Wildman–Crippen LogP) is 2.93. The second kappa shape index (κ2) is 10.4. The van der Waals surface area contributed by atoms with Gasteiger partial charge in [-0.3, -0.25) is 0 Å². The quantitative estimate of drug-likeness (QED) is 0.435. The highest BCUT2D eigenvalue weighted by Crippen LogP contribution is 2.18. The Kier molecular flexibility index (Phi) is 7.61. The number of hydrogen-bond acceptors (Lipinski definition) is 8. The first kappa shape index (κ1) is 22.0. The number of benzene rings is 2. The molecule has 30 heavy (non-hydrogen) atoms. The molecule has 160 valence electrons. The molecule has 0 saturated heterocycles. The standard InChI is InChI=1S/C20H24N4O4S2/c1-27-16-7-9-18(10-8-16)30(25,26)22-12-4-11-21-20-23-19(24-29-20)14-15-5-3-6-17(13-15)28-2/h3,5-10,13,22H,4,11-12,14H2,1-2H3,(H,21,23,24). The van der Waals surface area contributed by atoms with E-state index in [2.05, 4.69) is 19.4 Å². The van der Waals surface area contributed by atoms with Gasteiger partial charge in [0.25, 0.3) is 0 Å². The third kappa shape index (κ3) is 6.15. The predicted molar refractivity (Wildman–Crippen MR) is 117 cm³/mol. The summed E-state index contributed by atoms with van der Waals surface area (Å²) in [6.07, 6.45) is 1.23. The first-order valence-corrected chi connectivity index (χ1v) is 11.6. The summed E-state index contributed by atoms with van der Waals surface area (Å²) in [5, 5.41) is 3.90. The van der Waals surface area contributed by atoms with Crippen molar-refractivity contribution in [1.82, 2.24) is 14.1 Å². The molecule has 8 nitrogen and oxygen atoms in total. The zero-order chi connectivity index (χ0) is 21.4. The van der Waals surface area contributed by atoms with Crippen molar-refractivity contribution in [3.05, 3.63) is 59.9 Å². The number of nitrogens with one attached hydrogen (secondary N) is 2. The van der Waals surface area contributed by atoms with E-state index in [1.165, 1.54) is 30.8 Å². The lowest BCUT2D eigenvalue weighted by Gasteiger charge is -2.07. The van der Waals surface area contributed by atoms with Crippen molar-refractivity contribution in [2.75, 3.05) is 32.6 Å². The summed E-state index contributed by atoms with van der Waals surface area (Å²) in [5.74, 6) is 2.15. The van der Waals surface area contributed by atoms with Crippen molar-refractivity contribution in [3.8, 4) is 11.5 Å². The van der Waals surface area contributed by atoms with Gasteiger partial charge in [0.1, 0.15) is 17.3 Å². The van der Waals surface area contributed by atoms with Gasteiger partial charge in [0.15, 0.2) is 0 Å². The van der Waals surface area contributed by atoms with Crippen LogP contribution in [0.4, 0.5) is 5.13 Å². The minimum atomic E-state index is -3.54. The van der Waals surface area contributed by atoms with Gasteiger partial charge in [-0.1, -0.05) is 12.1 Å². The summed E-state index contributed by atoms with van der Waals surface area (Å²) in [5.41, 5.74) is 1.08. The number of nitrogens with zero attached hydrogens (tertiary/aromatic N) is 2. The van der Waals surface area contributed by atoms with Crippen LogP contribution in [0.25, 0.3) is 0 Å². The highest BCUT2D eigenvalue weighted by Gasteiger charge is 2.13. The van der Waals surface area contributed by atoms with E-state index in [1.54, 1.807) is 19.2 Å². The van der Waals surface area contributed by atoms with Crippen LogP contribution < -0.4 is 19.5 Å². The van der Waals surface area contributed by atoms with Crippen LogP contribution in [0.3, 0.4) is 0 Å². The van der Waals surface area contributed by atoms with E-state index >= 15 is 0 Å². The minimum absolute atomic E-state index is 0.211. The van der Waals surface area contributed by atoms with Gasteiger partial charge in [0.05, 0.1) is 19.1 Å². The molecule has 10 heteroatoms. The van der Waals surface area contributed by atoms with E-state index in [9.17, 15) is 8.42 Å². The van der Waals surface area contributed by atoms with Gasteiger partial charge in [-0.25, -0.2) is 18.1 Å². The average Bonchev–Trinajstić information content (AvgIpc) is 3.20. The highest BCUT2D eigenvalue weighted by atomic mass is 32.2. The molecule has 1 heterocycles. The molecule has 2 aromatic carbocycles.